The molecule has 292 valence electrons. The van der Waals surface area contributed by atoms with E-state index in [-0.39, 0.29) is 37.6 Å². The van der Waals surface area contributed by atoms with Crippen LogP contribution in [0.2, 0.25) is 0 Å². The minimum atomic E-state index is -4.28. The van der Waals surface area contributed by atoms with Gasteiger partial charge in [0.1, 0.15) is 24.7 Å². The first-order valence-corrected chi connectivity index (χ1v) is 21.0. The fourth-order valence-electron chi connectivity index (χ4n) is 4.09. The van der Waals surface area contributed by atoms with Gasteiger partial charge in [-0.15, -0.1) is 0 Å². The topological polar surface area (TPSA) is 217 Å². The van der Waals surface area contributed by atoms with Gasteiger partial charge in [-0.2, -0.15) is 16.8 Å². The van der Waals surface area contributed by atoms with E-state index in [2.05, 4.69) is 19.8 Å². The molecule has 2 aromatic carbocycles. The second-order valence-electron chi connectivity index (χ2n) is 11.4. The summed E-state index contributed by atoms with van der Waals surface area (Å²) in [6.07, 6.45) is 0.650. The largest absolute Gasteiger partial charge is 0.469 e. The molecule has 20 heteroatoms. The van der Waals surface area contributed by atoms with E-state index in [0.29, 0.717) is 47.5 Å². The van der Waals surface area contributed by atoms with Crippen molar-refractivity contribution in [2.75, 3.05) is 38.9 Å². The molecule has 53 heavy (non-hydrogen) atoms. The molecule has 0 heterocycles. The van der Waals surface area contributed by atoms with Gasteiger partial charge in [0.2, 0.25) is 10.1 Å². The summed E-state index contributed by atoms with van der Waals surface area (Å²) >= 11 is 1.42. The summed E-state index contributed by atoms with van der Waals surface area (Å²) < 4.78 is 80.0. The van der Waals surface area contributed by atoms with Gasteiger partial charge in [0.25, 0.3) is 0 Å². The average molecular weight is 819 g/mol. The van der Waals surface area contributed by atoms with Crippen LogP contribution in [0.15, 0.2) is 71.0 Å². The van der Waals surface area contributed by atoms with Crippen LogP contribution < -0.4 is 0 Å². The normalized spacial score (nSPS) is 13.3. The Labute approximate surface area is 317 Å². The summed E-state index contributed by atoms with van der Waals surface area (Å²) in [7, 11) is -6.17. The predicted molar refractivity (Wildman–Crippen MR) is 198 cm³/mol. The van der Waals surface area contributed by atoms with E-state index in [1.807, 2.05) is 6.92 Å². The van der Waals surface area contributed by atoms with Crippen molar-refractivity contribution in [2.45, 2.75) is 51.0 Å². The first-order chi connectivity index (χ1) is 25.1. The van der Waals surface area contributed by atoms with Crippen molar-refractivity contribution >= 4 is 77.7 Å². The third kappa shape index (κ3) is 18.5. The first-order valence-electron chi connectivity index (χ1n) is 15.9. The SMILES string of the molecule is CCCC(C)(COC(=O)C(=NOS(=O)(=O)Cc1ccccc1)SCCC(=O)OC)COC(=O)C(=NOS(=O)(=O)Cc1ccccc1)SCCC(=O)OC. The molecule has 0 fully saturated rings. The third-order valence-corrected chi connectivity index (χ3v) is 10.5. The van der Waals surface area contributed by atoms with Gasteiger partial charge in [-0.3, -0.25) is 18.2 Å². The van der Waals surface area contributed by atoms with E-state index >= 15 is 0 Å². The molecule has 0 aliphatic heterocycles. The van der Waals surface area contributed by atoms with Crippen LogP contribution in [0, 0.1) is 5.41 Å². The second kappa shape index (κ2) is 22.8. The number of carbonyl (C=O) groups excluding carboxylic acids is 4. The molecule has 0 radical (unpaired) electrons. The van der Waals surface area contributed by atoms with Crippen LogP contribution in [0.5, 0.6) is 0 Å². The van der Waals surface area contributed by atoms with Crippen LogP contribution in [-0.2, 0) is 78.4 Å². The number of hydrogen-bond acceptors (Lipinski definition) is 18. The smallest absolute Gasteiger partial charge is 0.367 e. The van der Waals surface area contributed by atoms with E-state index in [1.165, 1.54) is 14.2 Å². The number of rotatable bonds is 20. The zero-order valence-electron chi connectivity index (χ0n) is 29.6. The highest BCUT2D eigenvalue weighted by Crippen LogP contribution is 2.26. The molecule has 0 unspecified atom stereocenters. The van der Waals surface area contributed by atoms with E-state index < -0.39 is 71.1 Å². The van der Waals surface area contributed by atoms with E-state index in [9.17, 15) is 36.0 Å². The molecule has 2 rings (SSSR count). The lowest BCUT2D eigenvalue weighted by Gasteiger charge is -2.28. The predicted octanol–water partition coefficient (Wildman–Crippen LogP) is 4.19. The standard InChI is InChI=1S/C33H42N2O14S4/c1-5-18-33(2,23-46-31(38)29(50-19-16-27(36)44-3)34-48-52(40,41)21-25-12-8-6-9-13-25)24-47-32(39)30(51-20-17-28(37)45-4)35-49-53(42,43)22-26-14-10-7-11-15-26/h6-15H,5,16-24H2,1-4H3. The zero-order chi connectivity index (χ0) is 39.3. The average Bonchev–Trinajstić information content (AvgIpc) is 3.12. The van der Waals surface area contributed by atoms with Crippen molar-refractivity contribution in [3.05, 3.63) is 71.8 Å². The van der Waals surface area contributed by atoms with Gasteiger partial charge in [-0.05, 0) is 17.5 Å². The number of benzene rings is 2. The lowest BCUT2D eigenvalue weighted by molar-refractivity contribution is -0.145. The van der Waals surface area contributed by atoms with E-state index in [0.717, 1.165) is 0 Å². The lowest BCUT2D eigenvalue weighted by Crippen LogP contribution is -2.34. The number of carbonyl (C=O) groups is 4. The number of nitrogens with zero attached hydrogens (tertiary/aromatic N) is 2. The molecule has 0 bridgehead atoms. The van der Waals surface area contributed by atoms with Gasteiger partial charge in [0, 0.05) is 16.9 Å². The Balaban J connectivity index is 2.18. The molecule has 16 nitrogen and oxygen atoms in total. The van der Waals surface area contributed by atoms with Crippen molar-refractivity contribution in [1.29, 1.82) is 0 Å². The molecular formula is C33H42N2O14S4. The van der Waals surface area contributed by atoms with Gasteiger partial charge in [0.15, 0.2) is 0 Å². The number of oxime groups is 2. The summed E-state index contributed by atoms with van der Waals surface area (Å²) in [4.78, 5) is 49.6. The summed E-state index contributed by atoms with van der Waals surface area (Å²) in [5.41, 5.74) is -0.166. The second-order valence-corrected chi connectivity index (χ2v) is 16.7. The van der Waals surface area contributed by atoms with Crippen LogP contribution in [-0.4, -0.2) is 89.7 Å². The molecule has 0 aliphatic carbocycles. The zero-order valence-corrected chi connectivity index (χ0v) is 32.9. The Morgan fingerprint density at radius 2 is 1.04 bits per heavy atom. The van der Waals surface area contributed by atoms with Gasteiger partial charge < -0.3 is 18.9 Å². The van der Waals surface area contributed by atoms with Gasteiger partial charge in [-0.25, -0.2) is 9.59 Å². The highest BCUT2D eigenvalue weighted by molar-refractivity contribution is 8.16. The fraction of sp³-hybridized carbons (Fsp3) is 0.455. The van der Waals surface area contributed by atoms with Crippen molar-refractivity contribution in [1.82, 2.24) is 0 Å². The molecule has 2 aromatic rings. The maximum atomic E-state index is 13.2. The van der Waals surface area contributed by atoms with Crippen LogP contribution >= 0.6 is 23.5 Å². The Hall–Kier alpha value is -4.14. The molecule has 0 aliphatic rings. The molecule has 0 spiro atoms. The third-order valence-electron chi connectivity index (χ3n) is 6.69. The quantitative estimate of drug-likeness (QED) is 0.0602. The fourth-order valence-corrected chi connectivity index (χ4v) is 7.33. The monoisotopic (exact) mass is 818 g/mol. The molecule has 0 saturated carbocycles. The highest BCUT2D eigenvalue weighted by Gasteiger charge is 2.31. The highest BCUT2D eigenvalue weighted by atomic mass is 32.2. The van der Waals surface area contributed by atoms with Gasteiger partial charge >= 0.3 is 44.1 Å². The Morgan fingerprint density at radius 1 is 0.660 bits per heavy atom. The van der Waals surface area contributed by atoms with Gasteiger partial charge in [-0.1, -0.05) is 115 Å². The van der Waals surface area contributed by atoms with Crippen LogP contribution in [0.3, 0.4) is 0 Å². The Kier molecular flexibility index (Phi) is 19.4. The summed E-state index contributed by atoms with van der Waals surface area (Å²) in [6.45, 7) is 2.80. The molecule has 0 atom stereocenters. The number of esters is 4. The molecular weight excluding hydrogens is 777 g/mol. The molecule has 0 N–H and O–H groups in total. The lowest BCUT2D eigenvalue weighted by atomic mass is 9.87. The van der Waals surface area contributed by atoms with Crippen molar-refractivity contribution in [3.63, 3.8) is 0 Å². The van der Waals surface area contributed by atoms with Crippen molar-refractivity contribution in [3.8, 4) is 0 Å². The van der Waals surface area contributed by atoms with Crippen LogP contribution in [0.1, 0.15) is 50.7 Å². The minimum Gasteiger partial charge on any atom is -0.469 e. The summed E-state index contributed by atoms with van der Waals surface area (Å²) in [5, 5.41) is 6.09. The minimum absolute atomic E-state index is 0.0224. The summed E-state index contributed by atoms with van der Waals surface area (Å²) in [5.74, 6) is -4.39. The Morgan fingerprint density at radius 3 is 1.38 bits per heavy atom. The number of methoxy groups -OCH3 is 2. The first kappa shape index (κ1) is 45.0. The van der Waals surface area contributed by atoms with E-state index in [1.54, 1.807) is 67.6 Å². The maximum Gasteiger partial charge on any atom is 0.367 e. The molecule has 0 aromatic heterocycles. The number of ether oxygens (including phenoxy) is 4. The number of hydrogen-bond donors (Lipinski definition) is 0. The number of thioether (sulfide) groups is 2. The van der Waals surface area contributed by atoms with Gasteiger partial charge in [0.05, 0.1) is 27.1 Å². The van der Waals surface area contributed by atoms with Crippen molar-refractivity contribution < 1.29 is 63.5 Å². The maximum absolute atomic E-state index is 13.2. The van der Waals surface area contributed by atoms with Crippen LogP contribution in [0.4, 0.5) is 0 Å². The summed E-state index contributed by atoms with van der Waals surface area (Å²) in [6, 6.07) is 16.3. The van der Waals surface area contributed by atoms with E-state index in [4.69, 9.17) is 18.0 Å². The van der Waals surface area contributed by atoms with Crippen molar-refractivity contribution in [2.24, 2.45) is 15.7 Å². The van der Waals surface area contributed by atoms with Crippen LogP contribution in [0.25, 0.3) is 0 Å². The molecule has 0 saturated heterocycles. The Bertz CT molecular complexity index is 1660. The molecule has 0 amide bonds.